The second kappa shape index (κ2) is 5.78. The van der Waals surface area contributed by atoms with Crippen molar-refractivity contribution in [2.45, 2.75) is 52.4 Å². The van der Waals surface area contributed by atoms with E-state index in [4.69, 9.17) is 4.74 Å². The molecule has 0 aromatic rings. The van der Waals surface area contributed by atoms with Crippen molar-refractivity contribution in [2.75, 3.05) is 6.86 Å². The van der Waals surface area contributed by atoms with Crippen molar-refractivity contribution in [1.82, 2.24) is 0 Å². The molecule has 25 heavy (non-hydrogen) atoms. The molecular weight excluding hydrogens is 319 g/mol. The van der Waals surface area contributed by atoms with Crippen molar-refractivity contribution in [3.63, 3.8) is 0 Å². The minimum atomic E-state index is -1.02. The van der Waals surface area contributed by atoms with Gasteiger partial charge < -0.3 is 4.74 Å². The molecule has 0 radical (unpaired) electrons. The molecule has 0 spiro atoms. The number of rotatable bonds is 2. The molecule has 0 bridgehead atoms. The molecule has 4 aliphatic carbocycles. The number of carbonyl (C=O) groups excluding carboxylic acids is 2. The predicted octanol–water partition coefficient (Wildman–Crippen LogP) is 4.38. The summed E-state index contributed by atoms with van der Waals surface area (Å²) in [6.07, 6.45) is 11.7. The van der Waals surface area contributed by atoms with E-state index in [0.29, 0.717) is 17.8 Å². The van der Waals surface area contributed by atoms with Crippen LogP contribution in [0, 0.1) is 34.5 Å². The maximum absolute atomic E-state index is 12.5. The molecule has 136 valence electrons. The summed E-state index contributed by atoms with van der Waals surface area (Å²) < 4.78 is 17.2. The number of halogens is 1. The molecule has 0 aromatic carbocycles. The normalized spacial score (nSPS) is 45.2. The molecule has 3 saturated carbocycles. The summed E-state index contributed by atoms with van der Waals surface area (Å²) in [6.45, 7) is 3.48. The first-order chi connectivity index (χ1) is 11.9. The maximum Gasteiger partial charge on any atom is 0.311 e. The highest BCUT2D eigenvalue weighted by Gasteiger charge is 2.60. The summed E-state index contributed by atoms with van der Waals surface area (Å²) in [7, 11) is 0. The SMILES string of the molecule is C[C@]12CC[C@H]3[C@@H](CCC4=CC(=O)C=C[C@@]43C)[C@@H]1CC[C@@H]2C(=O)OCF. The van der Waals surface area contributed by atoms with Gasteiger partial charge in [-0.3, -0.25) is 9.59 Å². The zero-order valence-electron chi connectivity index (χ0n) is 15.1. The van der Waals surface area contributed by atoms with E-state index in [-0.39, 0.29) is 28.5 Å². The molecule has 6 atom stereocenters. The number of ether oxygens (including phenoxy) is 1. The fourth-order valence-corrected chi connectivity index (χ4v) is 6.74. The van der Waals surface area contributed by atoms with Gasteiger partial charge in [0.25, 0.3) is 0 Å². The molecule has 0 saturated heterocycles. The van der Waals surface area contributed by atoms with Crippen LogP contribution in [0.5, 0.6) is 0 Å². The number of esters is 1. The van der Waals surface area contributed by atoms with Gasteiger partial charge >= 0.3 is 5.97 Å². The molecule has 0 aliphatic heterocycles. The van der Waals surface area contributed by atoms with E-state index in [2.05, 4.69) is 19.9 Å². The first-order valence-corrected chi connectivity index (χ1v) is 9.57. The third-order valence-electron chi connectivity index (χ3n) is 8.04. The van der Waals surface area contributed by atoms with Crippen LogP contribution in [0.4, 0.5) is 4.39 Å². The lowest BCUT2D eigenvalue weighted by Gasteiger charge is -2.56. The van der Waals surface area contributed by atoms with Crippen molar-refractivity contribution < 1.29 is 18.7 Å². The van der Waals surface area contributed by atoms with Crippen LogP contribution in [0.3, 0.4) is 0 Å². The lowest BCUT2D eigenvalue weighted by Crippen LogP contribution is -2.50. The Morgan fingerprint density at radius 3 is 2.80 bits per heavy atom. The van der Waals surface area contributed by atoms with Crippen LogP contribution in [0.15, 0.2) is 23.8 Å². The van der Waals surface area contributed by atoms with Crippen molar-refractivity contribution in [1.29, 1.82) is 0 Å². The van der Waals surface area contributed by atoms with Gasteiger partial charge in [0.15, 0.2) is 5.78 Å². The molecule has 4 heteroatoms. The van der Waals surface area contributed by atoms with Crippen LogP contribution in [0.1, 0.15) is 52.4 Å². The quantitative estimate of drug-likeness (QED) is 0.697. The Bertz CT molecular complexity index is 666. The molecule has 0 amide bonds. The fraction of sp³-hybridized carbons (Fsp3) is 0.714. The first-order valence-electron chi connectivity index (χ1n) is 9.57. The smallest absolute Gasteiger partial charge is 0.311 e. The number of allylic oxidation sites excluding steroid dienone is 4. The van der Waals surface area contributed by atoms with E-state index in [9.17, 15) is 14.0 Å². The van der Waals surface area contributed by atoms with Gasteiger partial charge in [-0.25, -0.2) is 4.39 Å². The lowest BCUT2D eigenvalue weighted by molar-refractivity contribution is -0.159. The fourth-order valence-electron chi connectivity index (χ4n) is 6.74. The largest absolute Gasteiger partial charge is 0.433 e. The van der Waals surface area contributed by atoms with E-state index in [1.54, 1.807) is 6.08 Å². The molecule has 0 heterocycles. The summed E-state index contributed by atoms with van der Waals surface area (Å²) in [5, 5.41) is 0. The van der Waals surface area contributed by atoms with Crippen LogP contribution in [-0.4, -0.2) is 18.6 Å². The van der Waals surface area contributed by atoms with Gasteiger partial charge in [0.05, 0.1) is 5.92 Å². The van der Waals surface area contributed by atoms with Crippen LogP contribution in [-0.2, 0) is 14.3 Å². The van der Waals surface area contributed by atoms with E-state index >= 15 is 0 Å². The Labute approximate surface area is 148 Å². The Morgan fingerprint density at radius 2 is 2.04 bits per heavy atom. The van der Waals surface area contributed by atoms with Gasteiger partial charge in [-0.05, 0) is 73.8 Å². The number of hydrogen-bond donors (Lipinski definition) is 0. The van der Waals surface area contributed by atoms with Crippen LogP contribution in [0.25, 0.3) is 0 Å². The summed E-state index contributed by atoms with van der Waals surface area (Å²) >= 11 is 0. The third kappa shape index (κ3) is 2.36. The third-order valence-corrected chi connectivity index (χ3v) is 8.04. The number of hydrogen-bond acceptors (Lipinski definition) is 3. The van der Waals surface area contributed by atoms with Crippen molar-refractivity contribution >= 4 is 11.8 Å². The molecule has 4 rings (SSSR count). The van der Waals surface area contributed by atoms with E-state index in [0.717, 1.165) is 38.5 Å². The highest BCUT2D eigenvalue weighted by molar-refractivity contribution is 6.01. The number of carbonyl (C=O) groups is 2. The van der Waals surface area contributed by atoms with E-state index < -0.39 is 6.86 Å². The molecule has 3 nitrogen and oxygen atoms in total. The second-order valence-corrected chi connectivity index (χ2v) is 8.85. The Morgan fingerprint density at radius 1 is 1.24 bits per heavy atom. The minimum absolute atomic E-state index is 0.0182. The Hall–Kier alpha value is -1.45. The maximum atomic E-state index is 12.5. The van der Waals surface area contributed by atoms with Crippen LogP contribution in [0.2, 0.25) is 0 Å². The summed E-state index contributed by atoms with van der Waals surface area (Å²) in [4.78, 5) is 24.1. The summed E-state index contributed by atoms with van der Waals surface area (Å²) in [6, 6.07) is 0. The van der Waals surface area contributed by atoms with Gasteiger partial charge in [0.2, 0.25) is 6.86 Å². The van der Waals surface area contributed by atoms with Crippen molar-refractivity contribution in [3.05, 3.63) is 23.8 Å². The molecule has 3 fully saturated rings. The average molecular weight is 346 g/mol. The van der Waals surface area contributed by atoms with Crippen LogP contribution < -0.4 is 0 Å². The van der Waals surface area contributed by atoms with Crippen LogP contribution >= 0.6 is 0 Å². The van der Waals surface area contributed by atoms with Crippen molar-refractivity contribution in [3.8, 4) is 0 Å². The zero-order valence-corrected chi connectivity index (χ0v) is 15.1. The Balaban J connectivity index is 1.62. The average Bonchev–Trinajstić information content (AvgIpc) is 2.93. The lowest BCUT2D eigenvalue weighted by atomic mass is 9.48. The highest BCUT2D eigenvalue weighted by Crippen LogP contribution is 2.66. The molecule has 4 aliphatic rings. The number of ketones is 1. The van der Waals surface area contributed by atoms with E-state index in [1.165, 1.54) is 5.57 Å². The molecular formula is C21H27FO3. The highest BCUT2D eigenvalue weighted by atomic mass is 19.1. The minimum Gasteiger partial charge on any atom is -0.433 e. The van der Waals surface area contributed by atoms with E-state index in [1.807, 2.05) is 6.08 Å². The summed E-state index contributed by atoms with van der Waals surface area (Å²) in [5.74, 6) is 1.20. The molecule has 0 N–H and O–H groups in total. The standard InChI is InChI=1S/C21H27FO3/c1-20-9-7-14(23)11-13(20)3-4-15-16-5-6-18(19(24)25-12-22)21(16,2)10-8-17(15)20/h7,9,11,15-18H,3-6,8,10,12H2,1-2H3/t15-,16-,17-,18+,20-,21-/m0/s1. The predicted molar refractivity (Wildman–Crippen MR) is 92.2 cm³/mol. The molecule has 0 unspecified atom stereocenters. The topological polar surface area (TPSA) is 43.4 Å². The van der Waals surface area contributed by atoms with Gasteiger partial charge in [-0.1, -0.05) is 25.5 Å². The van der Waals surface area contributed by atoms with Gasteiger partial charge in [-0.2, -0.15) is 0 Å². The van der Waals surface area contributed by atoms with Crippen molar-refractivity contribution in [2.24, 2.45) is 34.5 Å². The zero-order chi connectivity index (χ0) is 17.8. The number of fused-ring (bicyclic) bond motifs is 5. The molecule has 0 aromatic heterocycles. The second-order valence-electron chi connectivity index (χ2n) is 8.85. The monoisotopic (exact) mass is 346 g/mol. The van der Waals surface area contributed by atoms with Gasteiger partial charge in [-0.15, -0.1) is 0 Å². The first kappa shape index (κ1) is 17.0. The number of alkyl halides is 1. The van der Waals surface area contributed by atoms with Gasteiger partial charge in [0, 0.05) is 5.41 Å². The summed E-state index contributed by atoms with van der Waals surface area (Å²) in [5.41, 5.74) is 1.20. The van der Waals surface area contributed by atoms with Gasteiger partial charge in [0.1, 0.15) is 0 Å². The Kier molecular flexibility index (Phi) is 3.93.